The zero-order chi connectivity index (χ0) is 21.7. The number of rotatable bonds is 7. The van der Waals surface area contributed by atoms with E-state index < -0.39 is 5.97 Å². The number of carbonyl (C=O) groups is 2. The van der Waals surface area contributed by atoms with E-state index in [0.717, 1.165) is 41.7 Å². The van der Waals surface area contributed by atoms with E-state index in [1.54, 1.807) is 19.2 Å². The Balaban J connectivity index is 2.09. The van der Waals surface area contributed by atoms with Crippen LogP contribution in [0.4, 0.5) is 4.39 Å². The number of hydrogen-bond acceptors (Lipinski definition) is 4. The summed E-state index contributed by atoms with van der Waals surface area (Å²) < 4.78 is 24.0. The maximum absolute atomic E-state index is 13.6. The van der Waals surface area contributed by atoms with Crippen molar-refractivity contribution in [2.75, 3.05) is 13.7 Å². The molecule has 0 fully saturated rings. The van der Waals surface area contributed by atoms with Gasteiger partial charge in [0.2, 0.25) is 0 Å². The van der Waals surface area contributed by atoms with Gasteiger partial charge in [-0.2, -0.15) is 0 Å². The van der Waals surface area contributed by atoms with Crippen molar-refractivity contribution in [1.29, 1.82) is 0 Å². The lowest BCUT2D eigenvalue weighted by Gasteiger charge is -2.44. The minimum absolute atomic E-state index is 0.0531. The van der Waals surface area contributed by atoms with Crippen molar-refractivity contribution in [3.63, 3.8) is 0 Å². The van der Waals surface area contributed by atoms with Crippen LogP contribution in [0.3, 0.4) is 0 Å². The van der Waals surface area contributed by atoms with Crippen LogP contribution in [0, 0.1) is 5.82 Å². The molecule has 0 saturated heterocycles. The first kappa shape index (κ1) is 21.8. The fourth-order valence-corrected chi connectivity index (χ4v) is 4.12. The second kappa shape index (κ2) is 9.74. The van der Waals surface area contributed by atoms with Gasteiger partial charge < -0.3 is 14.4 Å². The molecule has 1 heterocycles. The lowest BCUT2D eigenvalue weighted by atomic mass is 9.83. The van der Waals surface area contributed by atoms with E-state index in [1.165, 1.54) is 19.1 Å². The smallest absolute Gasteiger partial charge is 0.303 e. The molecule has 0 aromatic heterocycles. The molecule has 0 bridgehead atoms. The number of fused-ring (bicyclic) bond motifs is 1. The Bertz CT molecular complexity index is 897. The molecule has 30 heavy (non-hydrogen) atoms. The lowest BCUT2D eigenvalue weighted by Crippen LogP contribution is -2.49. The fraction of sp³-hybridized carbons (Fsp3) is 0.417. The number of amides is 1. The monoisotopic (exact) mass is 413 g/mol. The third-order valence-corrected chi connectivity index (χ3v) is 5.54. The minimum Gasteiger partial charge on any atom is -0.497 e. The summed E-state index contributed by atoms with van der Waals surface area (Å²) in [5.74, 6) is -0.304. The summed E-state index contributed by atoms with van der Waals surface area (Å²) in [6.45, 7) is 3.10. The number of methoxy groups -OCH3 is 1. The molecule has 0 radical (unpaired) electrons. The molecule has 0 saturated carbocycles. The number of hydrogen-bond donors (Lipinski definition) is 0. The maximum atomic E-state index is 13.6. The summed E-state index contributed by atoms with van der Waals surface area (Å²) in [5, 5.41) is 0. The van der Waals surface area contributed by atoms with Crippen LogP contribution in [-0.4, -0.2) is 36.5 Å². The Morgan fingerprint density at radius 1 is 1.17 bits per heavy atom. The summed E-state index contributed by atoms with van der Waals surface area (Å²) in [4.78, 5) is 26.3. The third-order valence-electron chi connectivity index (χ3n) is 5.54. The number of halogens is 1. The van der Waals surface area contributed by atoms with Gasteiger partial charge in [0.15, 0.2) is 6.61 Å². The van der Waals surface area contributed by atoms with E-state index in [1.807, 2.05) is 23.1 Å². The van der Waals surface area contributed by atoms with Gasteiger partial charge in [-0.05, 0) is 53.8 Å². The molecule has 0 spiro atoms. The van der Waals surface area contributed by atoms with Crippen molar-refractivity contribution in [1.82, 2.24) is 4.90 Å². The van der Waals surface area contributed by atoms with Crippen LogP contribution in [0.5, 0.6) is 5.75 Å². The number of unbranched alkanes of at least 4 members (excludes halogenated alkanes) is 1. The van der Waals surface area contributed by atoms with Gasteiger partial charge in [0.25, 0.3) is 5.91 Å². The average Bonchev–Trinajstić information content (AvgIpc) is 2.75. The van der Waals surface area contributed by atoms with Gasteiger partial charge in [-0.15, -0.1) is 0 Å². The molecule has 1 aliphatic rings. The van der Waals surface area contributed by atoms with Crippen molar-refractivity contribution in [2.24, 2.45) is 0 Å². The normalized spacial score (nSPS) is 17.9. The number of esters is 1. The number of benzene rings is 2. The van der Waals surface area contributed by atoms with Gasteiger partial charge in [0, 0.05) is 13.0 Å². The highest BCUT2D eigenvalue weighted by Gasteiger charge is 2.38. The molecule has 160 valence electrons. The van der Waals surface area contributed by atoms with Crippen LogP contribution >= 0.6 is 0 Å². The van der Waals surface area contributed by atoms with Crippen LogP contribution in [-0.2, 0) is 20.7 Å². The Morgan fingerprint density at radius 3 is 2.53 bits per heavy atom. The van der Waals surface area contributed by atoms with E-state index in [4.69, 9.17) is 9.47 Å². The highest BCUT2D eigenvalue weighted by molar-refractivity contribution is 5.81. The summed E-state index contributed by atoms with van der Waals surface area (Å²) in [6, 6.07) is 11.6. The van der Waals surface area contributed by atoms with Gasteiger partial charge in [-0.25, -0.2) is 4.39 Å². The molecule has 3 rings (SSSR count). The lowest BCUT2D eigenvalue weighted by molar-refractivity contribution is -0.152. The standard InChI is InChI=1S/C24H28FNO4/c1-4-5-6-20-13-18-14-21(29-3)11-12-22(18)24(17-7-9-19(25)10-8-17)26(20)23(28)15-30-16(2)27/h7-12,14,20,24H,4-6,13,15H2,1-3H3/t20-,24-/m0/s1. The first-order chi connectivity index (χ1) is 14.4. The molecular formula is C24H28FNO4. The van der Waals surface area contributed by atoms with E-state index >= 15 is 0 Å². The zero-order valence-corrected chi connectivity index (χ0v) is 17.7. The first-order valence-electron chi connectivity index (χ1n) is 10.3. The van der Waals surface area contributed by atoms with Crippen molar-refractivity contribution in [3.05, 3.63) is 65.0 Å². The van der Waals surface area contributed by atoms with Gasteiger partial charge in [-0.1, -0.05) is 38.0 Å². The SMILES string of the molecule is CCCC[C@H]1Cc2cc(OC)ccc2[C@H](c2ccc(F)cc2)N1C(=O)COC(C)=O. The average molecular weight is 413 g/mol. The van der Waals surface area contributed by atoms with Gasteiger partial charge >= 0.3 is 5.97 Å². The van der Waals surface area contributed by atoms with Crippen LogP contribution in [0.2, 0.25) is 0 Å². The molecule has 6 heteroatoms. The van der Waals surface area contributed by atoms with Crippen LogP contribution in [0.25, 0.3) is 0 Å². The second-order valence-corrected chi connectivity index (χ2v) is 7.60. The van der Waals surface area contributed by atoms with Gasteiger partial charge in [0.1, 0.15) is 11.6 Å². The van der Waals surface area contributed by atoms with Gasteiger partial charge in [-0.3, -0.25) is 9.59 Å². The van der Waals surface area contributed by atoms with E-state index in [-0.39, 0.29) is 30.4 Å². The molecule has 0 aliphatic carbocycles. The van der Waals surface area contributed by atoms with Crippen molar-refractivity contribution in [2.45, 2.75) is 51.6 Å². The summed E-state index contributed by atoms with van der Waals surface area (Å²) >= 11 is 0. The molecule has 5 nitrogen and oxygen atoms in total. The van der Waals surface area contributed by atoms with Crippen LogP contribution in [0.1, 0.15) is 55.8 Å². The molecule has 1 aliphatic heterocycles. The van der Waals surface area contributed by atoms with E-state index in [9.17, 15) is 14.0 Å². The molecule has 0 N–H and O–H groups in total. The maximum Gasteiger partial charge on any atom is 0.303 e. The molecular weight excluding hydrogens is 385 g/mol. The Labute approximate surface area is 176 Å². The number of carbonyl (C=O) groups excluding carboxylic acids is 2. The van der Waals surface area contributed by atoms with Crippen LogP contribution < -0.4 is 4.74 Å². The first-order valence-corrected chi connectivity index (χ1v) is 10.3. The molecule has 2 aromatic carbocycles. The predicted octanol–water partition coefficient (Wildman–Crippen LogP) is 4.43. The molecule has 1 amide bonds. The molecule has 0 unspecified atom stereocenters. The Kier molecular flexibility index (Phi) is 7.08. The van der Waals surface area contributed by atoms with E-state index in [2.05, 4.69) is 6.92 Å². The molecule has 2 aromatic rings. The van der Waals surface area contributed by atoms with Crippen LogP contribution in [0.15, 0.2) is 42.5 Å². The second-order valence-electron chi connectivity index (χ2n) is 7.60. The molecule has 2 atom stereocenters. The largest absolute Gasteiger partial charge is 0.497 e. The Hall–Kier alpha value is -2.89. The van der Waals surface area contributed by atoms with Gasteiger partial charge in [0.05, 0.1) is 13.2 Å². The summed E-state index contributed by atoms with van der Waals surface area (Å²) in [6.07, 6.45) is 3.50. The number of nitrogens with zero attached hydrogens (tertiary/aromatic N) is 1. The highest BCUT2D eigenvalue weighted by atomic mass is 19.1. The van der Waals surface area contributed by atoms with Crippen molar-refractivity contribution < 1.29 is 23.5 Å². The predicted molar refractivity (Wildman–Crippen MR) is 112 cm³/mol. The van der Waals surface area contributed by atoms with E-state index in [0.29, 0.717) is 6.42 Å². The summed E-state index contributed by atoms with van der Waals surface area (Å²) in [5.41, 5.74) is 2.91. The van der Waals surface area contributed by atoms with Crippen molar-refractivity contribution in [3.8, 4) is 5.75 Å². The quantitative estimate of drug-likeness (QED) is 0.630. The number of ether oxygens (including phenoxy) is 2. The summed E-state index contributed by atoms with van der Waals surface area (Å²) in [7, 11) is 1.63. The zero-order valence-electron chi connectivity index (χ0n) is 17.7. The highest BCUT2D eigenvalue weighted by Crippen LogP contribution is 2.40. The Morgan fingerprint density at radius 2 is 1.90 bits per heavy atom. The fourth-order valence-electron chi connectivity index (χ4n) is 4.12. The topological polar surface area (TPSA) is 55.8 Å². The van der Waals surface area contributed by atoms with Crippen molar-refractivity contribution >= 4 is 11.9 Å². The minimum atomic E-state index is -0.492. The third kappa shape index (κ3) is 4.81.